The summed E-state index contributed by atoms with van der Waals surface area (Å²) in [6.07, 6.45) is 0. The summed E-state index contributed by atoms with van der Waals surface area (Å²) in [5.41, 5.74) is 0.00861. The average molecular weight is 324 g/mol. The molecule has 3 rings (SSSR count). The second-order valence-electron chi connectivity index (χ2n) is 5.20. The minimum atomic E-state index is -1.37. The summed E-state index contributed by atoms with van der Waals surface area (Å²) in [6.45, 7) is 0. The predicted molar refractivity (Wildman–Crippen MR) is 87.3 cm³/mol. The van der Waals surface area contributed by atoms with Crippen LogP contribution in [0.2, 0.25) is 0 Å². The lowest BCUT2D eigenvalue weighted by Gasteiger charge is -2.16. The van der Waals surface area contributed by atoms with Crippen molar-refractivity contribution in [3.63, 3.8) is 0 Å². The maximum Gasteiger partial charge on any atom is 0.343 e. The second kappa shape index (κ2) is 6.08. The Morgan fingerprint density at radius 2 is 1.67 bits per heavy atom. The van der Waals surface area contributed by atoms with Crippen molar-refractivity contribution in [2.24, 2.45) is 7.05 Å². The predicted octanol–water partition coefficient (Wildman–Crippen LogP) is 2.95. The average Bonchev–Trinajstić information content (AvgIpc) is 2.57. The highest BCUT2D eigenvalue weighted by Crippen LogP contribution is 2.26. The van der Waals surface area contributed by atoms with Gasteiger partial charge >= 0.3 is 5.97 Å². The Morgan fingerprint density at radius 3 is 2.25 bits per heavy atom. The van der Waals surface area contributed by atoms with E-state index < -0.39 is 22.9 Å². The van der Waals surface area contributed by atoms with E-state index in [0.717, 1.165) is 0 Å². The number of halogens is 1. The van der Waals surface area contributed by atoms with Crippen molar-refractivity contribution in [1.29, 1.82) is 0 Å². The summed E-state index contributed by atoms with van der Waals surface area (Å²) in [7, 11) is 1.62. The highest BCUT2D eigenvalue weighted by molar-refractivity contribution is 5.95. The monoisotopic (exact) mass is 324 g/mol. The molecule has 3 aromatic rings. The van der Waals surface area contributed by atoms with Gasteiger partial charge in [0.1, 0.15) is 11.6 Å². The molecule has 0 spiro atoms. The number of hydrogen-bond acceptors (Lipinski definition) is 3. The zero-order valence-corrected chi connectivity index (χ0v) is 12.7. The number of hydrogen-bond donors (Lipinski definition) is 1. The molecule has 0 aliphatic rings. The number of benzene rings is 2. The van der Waals surface area contributed by atoms with Crippen LogP contribution >= 0.6 is 0 Å². The number of carboxylic acid groups (broad SMARTS) is 1. The maximum absolute atomic E-state index is 13.2. The molecular formula is C18H13FN2O3. The number of carbonyl (C=O) groups is 1. The van der Waals surface area contributed by atoms with E-state index >= 15 is 0 Å². The van der Waals surface area contributed by atoms with Gasteiger partial charge in [-0.2, -0.15) is 4.98 Å². The summed E-state index contributed by atoms with van der Waals surface area (Å²) in [5, 5.41) is 9.42. The van der Waals surface area contributed by atoms with Crippen LogP contribution in [0, 0.1) is 5.82 Å². The smallest absolute Gasteiger partial charge is 0.343 e. The molecule has 24 heavy (non-hydrogen) atoms. The van der Waals surface area contributed by atoms with Gasteiger partial charge in [-0.25, -0.2) is 9.18 Å². The Balaban J connectivity index is 2.36. The lowest BCUT2D eigenvalue weighted by Crippen LogP contribution is -2.24. The van der Waals surface area contributed by atoms with Gasteiger partial charge in [0.15, 0.2) is 5.56 Å². The molecule has 0 amide bonds. The summed E-state index contributed by atoms with van der Waals surface area (Å²) in [4.78, 5) is 27.8. The highest BCUT2D eigenvalue weighted by atomic mass is 19.1. The molecule has 5 nitrogen and oxygen atoms in total. The topological polar surface area (TPSA) is 72.2 Å². The maximum atomic E-state index is 13.2. The van der Waals surface area contributed by atoms with E-state index in [2.05, 4.69) is 4.98 Å². The molecule has 6 heteroatoms. The molecule has 1 heterocycles. The molecule has 0 aliphatic heterocycles. The first kappa shape index (κ1) is 15.6. The minimum Gasteiger partial charge on any atom is -0.477 e. The number of aromatic nitrogens is 2. The number of rotatable bonds is 3. The number of nitrogens with zero attached hydrogens (tertiary/aromatic N) is 2. The van der Waals surface area contributed by atoms with Crippen molar-refractivity contribution in [2.75, 3.05) is 0 Å². The molecule has 0 saturated carbocycles. The minimum absolute atomic E-state index is 0.182. The van der Waals surface area contributed by atoms with Gasteiger partial charge in [-0.3, -0.25) is 4.79 Å². The van der Waals surface area contributed by atoms with E-state index in [0.29, 0.717) is 17.0 Å². The van der Waals surface area contributed by atoms with E-state index in [9.17, 15) is 19.1 Å². The first-order chi connectivity index (χ1) is 11.5. The lowest BCUT2D eigenvalue weighted by molar-refractivity contribution is 0.0695. The standard InChI is InChI=1S/C18H13FN2O3/c1-21-15(11-7-9-13(19)10-8-11)14(18(23)24)17(22)20-16(21)12-5-3-2-4-6-12/h2-10H,1H3,(H,23,24). The quantitative estimate of drug-likeness (QED) is 0.804. The van der Waals surface area contributed by atoms with Gasteiger partial charge in [0.25, 0.3) is 5.56 Å². The van der Waals surface area contributed by atoms with E-state index in [-0.39, 0.29) is 5.69 Å². The van der Waals surface area contributed by atoms with Gasteiger partial charge in [-0.15, -0.1) is 0 Å². The van der Waals surface area contributed by atoms with Crippen LogP contribution in [0.25, 0.3) is 22.6 Å². The summed E-state index contributed by atoms with van der Waals surface area (Å²) >= 11 is 0. The largest absolute Gasteiger partial charge is 0.477 e. The molecule has 0 unspecified atom stereocenters. The van der Waals surface area contributed by atoms with Crippen LogP contribution < -0.4 is 5.56 Å². The zero-order chi connectivity index (χ0) is 17.3. The van der Waals surface area contributed by atoms with Crippen LogP contribution in [-0.2, 0) is 7.05 Å². The first-order valence-electron chi connectivity index (χ1n) is 7.14. The van der Waals surface area contributed by atoms with Crippen LogP contribution in [0.4, 0.5) is 4.39 Å². The first-order valence-corrected chi connectivity index (χ1v) is 7.14. The molecule has 120 valence electrons. The Labute approximate surface area is 136 Å². The van der Waals surface area contributed by atoms with Crippen LogP contribution in [0.15, 0.2) is 59.4 Å². The highest BCUT2D eigenvalue weighted by Gasteiger charge is 2.22. The third-order valence-electron chi connectivity index (χ3n) is 3.67. The van der Waals surface area contributed by atoms with Crippen LogP contribution in [0.3, 0.4) is 0 Å². The summed E-state index contributed by atoms with van der Waals surface area (Å²) < 4.78 is 14.7. The van der Waals surface area contributed by atoms with E-state index in [1.807, 2.05) is 6.07 Å². The van der Waals surface area contributed by atoms with Gasteiger partial charge in [0, 0.05) is 12.6 Å². The molecule has 0 radical (unpaired) electrons. The molecular weight excluding hydrogens is 311 g/mol. The van der Waals surface area contributed by atoms with Crippen molar-refractivity contribution in [3.8, 4) is 22.6 Å². The molecule has 1 aromatic heterocycles. The van der Waals surface area contributed by atoms with Crippen molar-refractivity contribution < 1.29 is 14.3 Å². The van der Waals surface area contributed by atoms with Crippen molar-refractivity contribution in [2.45, 2.75) is 0 Å². The van der Waals surface area contributed by atoms with E-state index in [4.69, 9.17) is 0 Å². The Kier molecular flexibility index (Phi) is 3.95. The Bertz CT molecular complexity index is 964. The van der Waals surface area contributed by atoms with Gasteiger partial charge < -0.3 is 9.67 Å². The third-order valence-corrected chi connectivity index (χ3v) is 3.67. The molecule has 0 atom stereocenters. The van der Waals surface area contributed by atoms with E-state index in [1.165, 1.54) is 28.8 Å². The number of carboxylic acids is 1. The van der Waals surface area contributed by atoms with Gasteiger partial charge in [-0.05, 0) is 29.8 Å². The van der Waals surface area contributed by atoms with Gasteiger partial charge in [-0.1, -0.05) is 30.3 Å². The molecule has 0 saturated heterocycles. The van der Waals surface area contributed by atoms with Gasteiger partial charge in [0.05, 0.1) is 5.69 Å². The van der Waals surface area contributed by atoms with Crippen molar-refractivity contribution in [3.05, 3.63) is 76.3 Å². The van der Waals surface area contributed by atoms with Crippen LogP contribution in [-0.4, -0.2) is 20.6 Å². The Hall–Kier alpha value is -3.28. The third kappa shape index (κ3) is 2.69. The summed E-state index contributed by atoms with van der Waals surface area (Å²) in [5.74, 6) is -1.48. The van der Waals surface area contributed by atoms with Crippen LogP contribution in [0.1, 0.15) is 10.4 Å². The molecule has 0 aliphatic carbocycles. The Morgan fingerprint density at radius 1 is 1.04 bits per heavy atom. The second-order valence-corrected chi connectivity index (χ2v) is 5.20. The molecule has 0 fully saturated rings. The van der Waals surface area contributed by atoms with Gasteiger partial charge in [0.2, 0.25) is 0 Å². The molecule has 0 bridgehead atoms. The van der Waals surface area contributed by atoms with Crippen molar-refractivity contribution in [1.82, 2.24) is 9.55 Å². The number of aromatic carboxylic acids is 1. The SMILES string of the molecule is Cn1c(-c2ccccc2)nc(=O)c(C(=O)O)c1-c1ccc(F)cc1. The zero-order valence-electron chi connectivity index (χ0n) is 12.7. The summed E-state index contributed by atoms with van der Waals surface area (Å²) in [6, 6.07) is 14.3. The molecule has 1 N–H and O–H groups in total. The normalized spacial score (nSPS) is 10.6. The van der Waals surface area contributed by atoms with E-state index in [1.54, 1.807) is 31.3 Å². The lowest BCUT2D eigenvalue weighted by atomic mass is 10.1. The molecule has 2 aromatic carbocycles. The van der Waals surface area contributed by atoms with Crippen LogP contribution in [0.5, 0.6) is 0 Å². The fourth-order valence-electron chi connectivity index (χ4n) is 2.59. The fourth-order valence-corrected chi connectivity index (χ4v) is 2.59. The fraction of sp³-hybridized carbons (Fsp3) is 0.0556. The van der Waals surface area contributed by atoms with Crippen molar-refractivity contribution >= 4 is 5.97 Å².